The third kappa shape index (κ3) is 4.64. The van der Waals surface area contributed by atoms with E-state index in [4.69, 9.17) is 9.84 Å². The van der Waals surface area contributed by atoms with Crippen LogP contribution in [0.4, 0.5) is 5.69 Å². The second kappa shape index (κ2) is 7.62. The van der Waals surface area contributed by atoms with Crippen LogP contribution in [0.2, 0.25) is 0 Å². The van der Waals surface area contributed by atoms with E-state index in [1.54, 1.807) is 20.1 Å². The molecule has 0 atom stereocenters. The van der Waals surface area contributed by atoms with Crippen molar-refractivity contribution in [1.82, 2.24) is 5.32 Å². The van der Waals surface area contributed by atoms with Gasteiger partial charge in [-0.3, -0.25) is 4.79 Å². The Kier molecular flexibility index (Phi) is 6.14. The van der Waals surface area contributed by atoms with E-state index in [9.17, 15) is 9.59 Å². The first kappa shape index (κ1) is 16.1. The smallest absolute Gasteiger partial charge is 0.336 e. The largest absolute Gasteiger partial charge is 0.478 e. The zero-order chi connectivity index (χ0) is 15.1. The quantitative estimate of drug-likeness (QED) is 0.653. The zero-order valence-corrected chi connectivity index (χ0v) is 11.9. The number of nitrogens with one attached hydrogen (secondary N) is 2. The lowest BCUT2D eigenvalue weighted by atomic mass is 10.0. The van der Waals surface area contributed by atoms with Crippen LogP contribution < -0.4 is 10.6 Å². The van der Waals surface area contributed by atoms with Gasteiger partial charge in [0.1, 0.15) is 0 Å². The van der Waals surface area contributed by atoms with Gasteiger partial charge >= 0.3 is 5.97 Å². The molecule has 20 heavy (non-hydrogen) atoms. The minimum atomic E-state index is -1.00. The van der Waals surface area contributed by atoms with Crippen LogP contribution in [-0.4, -0.2) is 43.8 Å². The fourth-order valence-electron chi connectivity index (χ4n) is 1.73. The van der Waals surface area contributed by atoms with E-state index in [2.05, 4.69) is 10.6 Å². The van der Waals surface area contributed by atoms with Crippen LogP contribution in [0.1, 0.15) is 21.5 Å². The van der Waals surface area contributed by atoms with Crippen molar-refractivity contribution in [3.05, 3.63) is 28.8 Å². The second-order valence-corrected chi connectivity index (χ2v) is 4.49. The Morgan fingerprint density at radius 1 is 1.30 bits per heavy atom. The minimum absolute atomic E-state index is 0.151. The highest BCUT2D eigenvalue weighted by atomic mass is 16.5. The van der Waals surface area contributed by atoms with Crippen LogP contribution in [0.5, 0.6) is 0 Å². The van der Waals surface area contributed by atoms with Gasteiger partial charge in [0, 0.05) is 19.3 Å². The Morgan fingerprint density at radius 3 is 2.60 bits per heavy atom. The summed E-state index contributed by atoms with van der Waals surface area (Å²) < 4.78 is 4.85. The van der Waals surface area contributed by atoms with Crippen molar-refractivity contribution in [2.24, 2.45) is 0 Å². The molecule has 0 aliphatic heterocycles. The number of methoxy groups -OCH3 is 1. The average Bonchev–Trinajstić information content (AvgIpc) is 2.38. The summed E-state index contributed by atoms with van der Waals surface area (Å²) in [4.78, 5) is 22.8. The lowest BCUT2D eigenvalue weighted by Crippen LogP contribution is -2.30. The van der Waals surface area contributed by atoms with Gasteiger partial charge in [-0.15, -0.1) is 0 Å². The number of ether oxygens (including phenoxy) is 1. The zero-order valence-electron chi connectivity index (χ0n) is 11.9. The third-order valence-electron chi connectivity index (χ3n) is 2.95. The Labute approximate surface area is 118 Å². The second-order valence-electron chi connectivity index (χ2n) is 4.49. The predicted octanol–water partition coefficient (Wildman–Crippen LogP) is 1.18. The highest BCUT2D eigenvalue weighted by Gasteiger charge is 2.12. The molecule has 0 heterocycles. The number of carbonyl (C=O) groups is 2. The molecule has 0 aromatic heterocycles. The van der Waals surface area contributed by atoms with Crippen molar-refractivity contribution < 1.29 is 19.4 Å². The maximum atomic E-state index is 11.7. The van der Waals surface area contributed by atoms with Gasteiger partial charge in [0.2, 0.25) is 5.91 Å². The Balaban J connectivity index is 2.68. The third-order valence-corrected chi connectivity index (χ3v) is 2.95. The first-order valence-corrected chi connectivity index (χ1v) is 6.29. The molecule has 0 fully saturated rings. The van der Waals surface area contributed by atoms with E-state index < -0.39 is 5.97 Å². The predicted molar refractivity (Wildman–Crippen MR) is 76.3 cm³/mol. The summed E-state index contributed by atoms with van der Waals surface area (Å²) in [7, 11) is 1.59. The number of carboxylic acids is 1. The monoisotopic (exact) mass is 280 g/mol. The lowest BCUT2D eigenvalue weighted by Gasteiger charge is -2.11. The van der Waals surface area contributed by atoms with Gasteiger partial charge in [-0.25, -0.2) is 4.79 Å². The molecule has 6 heteroatoms. The highest BCUT2D eigenvalue weighted by Crippen LogP contribution is 2.19. The molecule has 1 rings (SSSR count). The highest BCUT2D eigenvalue weighted by molar-refractivity contribution is 5.95. The minimum Gasteiger partial charge on any atom is -0.478 e. The summed E-state index contributed by atoms with van der Waals surface area (Å²) in [5.74, 6) is -1.22. The SMILES string of the molecule is COCCNCC(=O)Nc1cc(C)c(C)c(C(=O)O)c1. The van der Waals surface area contributed by atoms with Gasteiger partial charge in [-0.05, 0) is 37.1 Å². The fraction of sp³-hybridized carbons (Fsp3) is 0.429. The van der Waals surface area contributed by atoms with Gasteiger partial charge < -0.3 is 20.5 Å². The van der Waals surface area contributed by atoms with Crippen molar-refractivity contribution >= 4 is 17.6 Å². The molecule has 1 amide bonds. The Morgan fingerprint density at radius 2 is 2.00 bits per heavy atom. The number of rotatable bonds is 7. The Bertz CT molecular complexity index is 500. The first-order valence-electron chi connectivity index (χ1n) is 6.29. The van der Waals surface area contributed by atoms with Gasteiger partial charge in [-0.1, -0.05) is 0 Å². The van der Waals surface area contributed by atoms with Gasteiger partial charge in [0.05, 0.1) is 18.7 Å². The summed E-state index contributed by atoms with van der Waals surface area (Å²) in [5, 5.41) is 14.7. The van der Waals surface area contributed by atoms with E-state index in [0.717, 1.165) is 5.56 Å². The van der Waals surface area contributed by atoms with Crippen molar-refractivity contribution in [2.45, 2.75) is 13.8 Å². The fourth-order valence-corrected chi connectivity index (χ4v) is 1.73. The molecular formula is C14H20N2O4. The summed E-state index contributed by atoms with van der Waals surface area (Å²) in [6, 6.07) is 3.23. The van der Waals surface area contributed by atoms with Gasteiger partial charge in [-0.2, -0.15) is 0 Å². The summed E-state index contributed by atoms with van der Waals surface area (Å²) in [6.45, 7) is 4.82. The summed E-state index contributed by atoms with van der Waals surface area (Å²) >= 11 is 0. The molecule has 0 aliphatic carbocycles. The number of aryl methyl sites for hydroxylation is 1. The van der Waals surface area contributed by atoms with E-state index >= 15 is 0 Å². The molecule has 1 aromatic carbocycles. The number of anilines is 1. The molecule has 0 bridgehead atoms. The lowest BCUT2D eigenvalue weighted by molar-refractivity contribution is -0.115. The van der Waals surface area contributed by atoms with Crippen molar-refractivity contribution in [3.8, 4) is 0 Å². The Hall–Kier alpha value is -1.92. The van der Waals surface area contributed by atoms with Crippen molar-refractivity contribution in [2.75, 3.05) is 32.1 Å². The van der Waals surface area contributed by atoms with E-state index in [-0.39, 0.29) is 18.0 Å². The van der Waals surface area contributed by atoms with Crippen LogP contribution >= 0.6 is 0 Å². The number of benzene rings is 1. The molecule has 0 radical (unpaired) electrons. The van der Waals surface area contributed by atoms with Gasteiger partial charge in [0.15, 0.2) is 0 Å². The molecule has 0 aliphatic rings. The molecule has 3 N–H and O–H groups in total. The van der Waals surface area contributed by atoms with Crippen molar-refractivity contribution in [3.63, 3.8) is 0 Å². The standard InChI is InChI=1S/C14H20N2O4/c1-9-6-11(7-12(10(9)2)14(18)19)16-13(17)8-15-4-5-20-3/h6-7,15H,4-5,8H2,1-3H3,(H,16,17)(H,18,19). The number of amides is 1. The van der Waals surface area contributed by atoms with Crippen LogP contribution in [0.25, 0.3) is 0 Å². The molecule has 6 nitrogen and oxygen atoms in total. The number of carboxylic acid groups (broad SMARTS) is 1. The molecule has 0 saturated heterocycles. The van der Waals surface area contributed by atoms with Gasteiger partial charge in [0.25, 0.3) is 0 Å². The van der Waals surface area contributed by atoms with E-state index in [0.29, 0.717) is 24.4 Å². The van der Waals surface area contributed by atoms with E-state index in [1.807, 2.05) is 6.92 Å². The molecule has 0 saturated carbocycles. The van der Waals surface area contributed by atoms with Crippen molar-refractivity contribution in [1.29, 1.82) is 0 Å². The van der Waals surface area contributed by atoms with Crippen LogP contribution in [-0.2, 0) is 9.53 Å². The number of hydrogen-bond acceptors (Lipinski definition) is 4. The maximum Gasteiger partial charge on any atom is 0.336 e. The number of carbonyl (C=O) groups excluding carboxylic acids is 1. The number of hydrogen-bond donors (Lipinski definition) is 3. The topological polar surface area (TPSA) is 87.7 Å². The molecular weight excluding hydrogens is 260 g/mol. The molecule has 110 valence electrons. The summed E-state index contributed by atoms with van der Waals surface area (Å²) in [6.07, 6.45) is 0. The van der Waals surface area contributed by atoms with E-state index in [1.165, 1.54) is 6.07 Å². The normalized spacial score (nSPS) is 10.3. The van der Waals surface area contributed by atoms with Crippen LogP contribution in [0.15, 0.2) is 12.1 Å². The average molecular weight is 280 g/mol. The number of aromatic carboxylic acids is 1. The molecule has 0 spiro atoms. The molecule has 1 aromatic rings. The maximum absolute atomic E-state index is 11.7. The first-order chi connectivity index (χ1) is 9.45. The van der Waals surface area contributed by atoms with Crippen LogP contribution in [0, 0.1) is 13.8 Å². The summed E-state index contributed by atoms with van der Waals surface area (Å²) in [5.41, 5.74) is 2.22. The molecule has 0 unspecified atom stereocenters. The van der Waals surface area contributed by atoms with Crippen LogP contribution in [0.3, 0.4) is 0 Å².